The van der Waals surface area contributed by atoms with E-state index in [0.29, 0.717) is 12.1 Å². The van der Waals surface area contributed by atoms with Crippen LogP contribution in [0.1, 0.15) is 55.3 Å². The Kier molecular flexibility index (Phi) is 7.31. The summed E-state index contributed by atoms with van der Waals surface area (Å²) in [4.78, 5) is 14.1. The molecule has 7 nitrogen and oxygen atoms in total. The van der Waals surface area contributed by atoms with E-state index in [-0.39, 0.29) is 22.6 Å². The number of likely N-dealkylation sites (tertiary alicyclic amines) is 1. The lowest BCUT2D eigenvalue weighted by Crippen LogP contribution is -3.10. The molecule has 1 saturated carbocycles. The Balaban J connectivity index is 1.62. The topological polar surface area (TPSA) is 88.9 Å². The highest BCUT2D eigenvalue weighted by atomic mass is 32.2. The van der Waals surface area contributed by atoms with Gasteiger partial charge in [0.2, 0.25) is 10.0 Å². The van der Waals surface area contributed by atoms with E-state index < -0.39 is 10.0 Å². The molecule has 3 N–H and O–H groups in total. The number of ether oxygens (including phenoxy) is 1. The van der Waals surface area contributed by atoms with Gasteiger partial charge in [0.15, 0.2) is 0 Å². The van der Waals surface area contributed by atoms with Crippen LogP contribution < -0.4 is 19.7 Å². The van der Waals surface area contributed by atoms with Gasteiger partial charge < -0.3 is 15.0 Å². The fourth-order valence-electron chi connectivity index (χ4n) is 4.12. The molecule has 0 spiro atoms. The van der Waals surface area contributed by atoms with E-state index >= 15 is 0 Å². The standard InChI is InChI=1S/C20H31N3O4S/c1-27-18-10-9-16(20(24)21-11-6-14-23-12-4-5-13-23)15-19(18)28(25,26)22-17-7-2-3-8-17/h9-10,15,17,22H,2-8,11-14H2,1H3,(H,21,24)/p+1. The first-order valence-electron chi connectivity index (χ1n) is 10.3. The Morgan fingerprint density at radius 2 is 1.89 bits per heavy atom. The average Bonchev–Trinajstić information content (AvgIpc) is 3.38. The number of carbonyl (C=O) groups excluding carboxylic acids is 1. The fraction of sp³-hybridized carbons (Fsp3) is 0.650. The smallest absolute Gasteiger partial charge is 0.251 e. The van der Waals surface area contributed by atoms with E-state index in [1.54, 1.807) is 17.0 Å². The van der Waals surface area contributed by atoms with E-state index in [4.69, 9.17) is 4.74 Å². The van der Waals surface area contributed by atoms with Crippen LogP contribution in [0.5, 0.6) is 5.75 Å². The van der Waals surface area contributed by atoms with E-state index in [2.05, 4.69) is 10.0 Å². The lowest BCUT2D eigenvalue weighted by atomic mass is 10.2. The van der Waals surface area contributed by atoms with Crippen molar-refractivity contribution in [2.75, 3.05) is 33.3 Å². The minimum atomic E-state index is -3.74. The Bertz CT molecular complexity index is 770. The van der Waals surface area contributed by atoms with E-state index in [1.165, 1.54) is 39.1 Å². The predicted octanol–water partition coefficient (Wildman–Crippen LogP) is 0.715. The summed E-state index contributed by atoms with van der Waals surface area (Å²) in [5, 5.41) is 2.90. The van der Waals surface area contributed by atoms with Crippen molar-refractivity contribution in [2.24, 2.45) is 0 Å². The first-order chi connectivity index (χ1) is 13.5. The molecule has 156 valence electrons. The number of amides is 1. The largest absolute Gasteiger partial charge is 0.495 e. The molecule has 0 atom stereocenters. The molecule has 1 saturated heterocycles. The number of methoxy groups -OCH3 is 1. The third kappa shape index (κ3) is 5.46. The van der Waals surface area contributed by atoms with Gasteiger partial charge in [0.05, 0.1) is 26.7 Å². The molecule has 1 aliphatic carbocycles. The van der Waals surface area contributed by atoms with Gasteiger partial charge in [-0.2, -0.15) is 0 Å². The number of quaternary nitrogens is 1. The van der Waals surface area contributed by atoms with Crippen LogP contribution >= 0.6 is 0 Å². The molecule has 0 aromatic heterocycles. The van der Waals surface area contributed by atoms with Crippen LogP contribution in [0.25, 0.3) is 0 Å². The molecule has 28 heavy (non-hydrogen) atoms. The van der Waals surface area contributed by atoms with Gasteiger partial charge in [0, 0.05) is 37.4 Å². The molecule has 1 aromatic rings. The molecular formula is C20H32N3O4S+. The number of benzene rings is 1. The highest BCUT2D eigenvalue weighted by molar-refractivity contribution is 7.89. The predicted molar refractivity (Wildman–Crippen MR) is 107 cm³/mol. The van der Waals surface area contributed by atoms with Crippen molar-refractivity contribution >= 4 is 15.9 Å². The highest BCUT2D eigenvalue weighted by Gasteiger charge is 2.26. The third-order valence-corrected chi connectivity index (χ3v) is 7.24. The number of sulfonamides is 1. The van der Waals surface area contributed by atoms with Crippen molar-refractivity contribution in [2.45, 2.75) is 55.9 Å². The fourth-order valence-corrected chi connectivity index (χ4v) is 5.62. The van der Waals surface area contributed by atoms with Crippen LogP contribution in [0.4, 0.5) is 0 Å². The molecule has 8 heteroatoms. The van der Waals surface area contributed by atoms with Crippen LogP contribution in [0.15, 0.2) is 23.1 Å². The molecule has 0 bridgehead atoms. The minimum Gasteiger partial charge on any atom is -0.495 e. The molecule has 0 radical (unpaired) electrons. The van der Waals surface area contributed by atoms with Gasteiger partial charge in [0.1, 0.15) is 10.6 Å². The first kappa shape index (κ1) is 21.1. The molecule has 3 rings (SSSR count). The lowest BCUT2D eigenvalue weighted by molar-refractivity contribution is -0.887. The minimum absolute atomic E-state index is 0.0241. The van der Waals surface area contributed by atoms with E-state index in [9.17, 15) is 13.2 Å². The Morgan fingerprint density at radius 3 is 2.57 bits per heavy atom. The van der Waals surface area contributed by atoms with Crippen molar-refractivity contribution in [3.63, 3.8) is 0 Å². The number of carbonyl (C=O) groups is 1. The summed E-state index contributed by atoms with van der Waals surface area (Å²) < 4.78 is 33.6. The normalized spacial score (nSPS) is 18.5. The van der Waals surface area contributed by atoms with Gasteiger partial charge in [-0.25, -0.2) is 13.1 Å². The van der Waals surface area contributed by atoms with Gasteiger partial charge in [-0.3, -0.25) is 4.79 Å². The van der Waals surface area contributed by atoms with Crippen LogP contribution in [-0.4, -0.2) is 53.7 Å². The summed E-state index contributed by atoms with van der Waals surface area (Å²) in [6.45, 7) is 4.11. The van der Waals surface area contributed by atoms with Gasteiger partial charge in [-0.1, -0.05) is 12.8 Å². The maximum Gasteiger partial charge on any atom is 0.251 e. The number of nitrogens with one attached hydrogen (secondary N) is 3. The average molecular weight is 411 g/mol. The monoisotopic (exact) mass is 410 g/mol. The summed E-state index contributed by atoms with van der Waals surface area (Å²) in [6.07, 6.45) is 7.27. The van der Waals surface area contributed by atoms with Crippen LogP contribution in [0.3, 0.4) is 0 Å². The van der Waals surface area contributed by atoms with Crippen molar-refractivity contribution in [3.05, 3.63) is 23.8 Å². The molecule has 1 amide bonds. The number of rotatable bonds is 9. The maximum absolute atomic E-state index is 12.8. The second-order valence-electron chi connectivity index (χ2n) is 7.78. The Labute approximate surface area is 167 Å². The Morgan fingerprint density at radius 1 is 1.18 bits per heavy atom. The number of hydrogen-bond donors (Lipinski definition) is 3. The van der Waals surface area contributed by atoms with Crippen molar-refractivity contribution < 1.29 is 22.8 Å². The molecule has 0 unspecified atom stereocenters. The zero-order valence-corrected chi connectivity index (χ0v) is 17.4. The quantitative estimate of drug-likeness (QED) is 0.523. The van der Waals surface area contributed by atoms with E-state index in [1.807, 2.05) is 0 Å². The van der Waals surface area contributed by atoms with Crippen molar-refractivity contribution in [1.82, 2.24) is 10.0 Å². The zero-order valence-electron chi connectivity index (χ0n) is 16.6. The molecule has 1 aliphatic heterocycles. The summed E-state index contributed by atoms with van der Waals surface area (Å²) in [7, 11) is -2.30. The molecule has 2 aliphatic rings. The lowest BCUT2D eigenvalue weighted by Gasteiger charge is -2.16. The molecular weight excluding hydrogens is 378 g/mol. The maximum atomic E-state index is 12.8. The third-order valence-electron chi connectivity index (χ3n) is 5.70. The van der Waals surface area contributed by atoms with Crippen LogP contribution in [0, 0.1) is 0 Å². The van der Waals surface area contributed by atoms with Crippen molar-refractivity contribution in [3.8, 4) is 5.75 Å². The molecule has 1 aromatic carbocycles. The van der Waals surface area contributed by atoms with Crippen LogP contribution in [-0.2, 0) is 10.0 Å². The zero-order chi connectivity index (χ0) is 20.0. The van der Waals surface area contributed by atoms with Gasteiger partial charge in [0.25, 0.3) is 5.91 Å². The SMILES string of the molecule is COc1ccc(C(=O)NCCC[NH+]2CCCC2)cc1S(=O)(=O)NC1CCCC1. The van der Waals surface area contributed by atoms with Crippen LogP contribution in [0.2, 0.25) is 0 Å². The number of hydrogen-bond acceptors (Lipinski definition) is 4. The molecule has 1 heterocycles. The van der Waals surface area contributed by atoms with Crippen molar-refractivity contribution in [1.29, 1.82) is 0 Å². The Hall–Kier alpha value is -1.64. The summed E-state index contributed by atoms with van der Waals surface area (Å²) in [5.74, 6) is -0.00364. The summed E-state index contributed by atoms with van der Waals surface area (Å²) in [6, 6.07) is 4.53. The van der Waals surface area contributed by atoms with Gasteiger partial charge in [-0.15, -0.1) is 0 Å². The second kappa shape index (κ2) is 9.71. The highest BCUT2D eigenvalue weighted by Crippen LogP contribution is 2.27. The summed E-state index contributed by atoms with van der Waals surface area (Å²) >= 11 is 0. The van der Waals surface area contributed by atoms with Gasteiger partial charge >= 0.3 is 0 Å². The van der Waals surface area contributed by atoms with Gasteiger partial charge in [-0.05, 0) is 31.0 Å². The molecule has 2 fully saturated rings. The first-order valence-corrected chi connectivity index (χ1v) is 11.8. The van der Waals surface area contributed by atoms with E-state index in [0.717, 1.165) is 38.6 Å². The summed E-state index contributed by atoms with van der Waals surface area (Å²) in [5.41, 5.74) is 0.334. The second-order valence-corrected chi connectivity index (χ2v) is 9.47.